The fraction of sp³-hybridized carbons (Fsp3) is 0.0909. The third-order valence-electron chi connectivity index (χ3n) is 4.52. The van der Waals surface area contributed by atoms with E-state index < -0.39 is 0 Å². The zero-order chi connectivity index (χ0) is 18.6. The molecule has 0 aliphatic heterocycles. The van der Waals surface area contributed by atoms with Crippen molar-refractivity contribution in [3.8, 4) is 11.1 Å². The molecule has 4 rings (SSSR count). The first-order valence-corrected chi connectivity index (χ1v) is 8.71. The van der Waals surface area contributed by atoms with Crippen LogP contribution in [0.25, 0.3) is 22.0 Å². The minimum absolute atomic E-state index is 0.190. The highest BCUT2D eigenvalue weighted by molar-refractivity contribution is 6.09. The summed E-state index contributed by atoms with van der Waals surface area (Å²) in [6.45, 7) is 0. The minimum Gasteiger partial charge on any atom is -0.321 e. The molecule has 2 heterocycles. The van der Waals surface area contributed by atoms with Gasteiger partial charge < -0.3 is 4.98 Å². The lowest BCUT2D eigenvalue weighted by Gasteiger charge is -2.12. The molecule has 0 amide bonds. The van der Waals surface area contributed by atoms with Crippen molar-refractivity contribution in [2.45, 2.75) is 12.8 Å². The summed E-state index contributed by atoms with van der Waals surface area (Å²) in [6, 6.07) is 17.1. The number of aromatic nitrogens is 3. The van der Waals surface area contributed by atoms with Gasteiger partial charge in [0, 0.05) is 35.3 Å². The van der Waals surface area contributed by atoms with Gasteiger partial charge in [0.25, 0.3) is 5.56 Å². The van der Waals surface area contributed by atoms with E-state index in [-0.39, 0.29) is 23.3 Å². The van der Waals surface area contributed by atoms with Crippen LogP contribution in [0.2, 0.25) is 0 Å². The van der Waals surface area contributed by atoms with E-state index in [9.17, 15) is 9.59 Å². The molecule has 132 valence electrons. The van der Waals surface area contributed by atoms with Crippen LogP contribution in [-0.4, -0.2) is 20.7 Å². The Balaban J connectivity index is 1.83. The maximum atomic E-state index is 13.0. The normalized spacial score (nSPS) is 10.8. The Morgan fingerprint density at radius 2 is 1.63 bits per heavy atom. The van der Waals surface area contributed by atoms with Crippen LogP contribution < -0.4 is 5.56 Å². The number of carbonyl (C=O) groups is 1. The predicted molar refractivity (Wildman–Crippen MR) is 105 cm³/mol. The summed E-state index contributed by atoms with van der Waals surface area (Å²) in [6.07, 6.45) is 5.52. The van der Waals surface area contributed by atoms with Crippen molar-refractivity contribution >= 4 is 16.7 Å². The number of ketones is 1. The molecule has 0 atom stereocenters. The van der Waals surface area contributed by atoms with E-state index in [0.717, 1.165) is 22.0 Å². The summed E-state index contributed by atoms with van der Waals surface area (Å²) in [5, 5.41) is 0.856. The number of benzene rings is 2. The van der Waals surface area contributed by atoms with Gasteiger partial charge >= 0.3 is 0 Å². The van der Waals surface area contributed by atoms with Crippen molar-refractivity contribution in [1.82, 2.24) is 15.0 Å². The first kappa shape index (κ1) is 16.8. The van der Waals surface area contributed by atoms with Crippen LogP contribution >= 0.6 is 0 Å². The predicted octanol–water partition coefficient (Wildman–Crippen LogP) is 3.80. The van der Waals surface area contributed by atoms with Gasteiger partial charge in [0.15, 0.2) is 5.78 Å². The summed E-state index contributed by atoms with van der Waals surface area (Å²) in [7, 11) is 0. The van der Waals surface area contributed by atoms with Gasteiger partial charge in [0.05, 0.1) is 5.56 Å². The van der Waals surface area contributed by atoms with Crippen molar-refractivity contribution in [3.05, 3.63) is 94.8 Å². The van der Waals surface area contributed by atoms with Gasteiger partial charge in [-0.25, -0.2) is 9.97 Å². The quantitative estimate of drug-likeness (QED) is 0.553. The topological polar surface area (TPSA) is 75.7 Å². The molecule has 0 radical (unpaired) electrons. The van der Waals surface area contributed by atoms with Gasteiger partial charge in [-0.2, -0.15) is 0 Å². The zero-order valence-electron chi connectivity index (χ0n) is 14.6. The van der Waals surface area contributed by atoms with Crippen molar-refractivity contribution in [3.63, 3.8) is 0 Å². The molecule has 2 aromatic heterocycles. The summed E-state index contributed by atoms with van der Waals surface area (Å²) >= 11 is 0. The van der Waals surface area contributed by atoms with Gasteiger partial charge in [0.1, 0.15) is 6.33 Å². The van der Waals surface area contributed by atoms with E-state index in [1.807, 2.05) is 54.6 Å². The summed E-state index contributed by atoms with van der Waals surface area (Å²) in [5.41, 5.74) is 2.97. The molecular weight excluding hydrogens is 338 g/mol. The van der Waals surface area contributed by atoms with E-state index in [2.05, 4.69) is 15.0 Å². The lowest BCUT2D eigenvalue weighted by molar-refractivity contribution is 0.0982. The van der Waals surface area contributed by atoms with Crippen LogP contribution in [0.4, 0.5) is 0 Å². The molecule has 0 saturated heterocycles. The Labute approximate surface area is 155 Å². The molecule has 2 aromatic carbocycles. The van der Waals surface area contributed by atoms with E-state index in [0.29, 0.717) is 12.0 Å². The van der Waals surface area contributed by atoms with Gasteiger partial charge in [-0.1, -0.05) is 48.5 Å². The molecule has 0 aliphatic carbocycles. The molecule has 5 nitrogen and oxygen atoms in total. The number of pyridine rings is 1. The number of para-hydroxylation sites is 1. The highest BCUT2D eigenvalue weighted by Gasteiger charge is 2.20. The van der Waals surface area contributed by atoms with Crippen LogP contribution in [0, 0.1) is 0 Å². The van der Waals surface area contributed by atoms with Crippen LogP contribution in [-0.2, 0) is 6.42 Å². The Morgan fingerprint density at radius 3 is 2.41 bits per heavy atom. The van der Waals surface area contributed by atoms with Crippen molar-refractivity contribution in [2.75, 3.05) is 0 Å². The standard InChI is InChI=1S/C22H17N3O2/c26-19(11-10-15-12-23-14-24-13-15)21-20(16-6-2-1-3-7-16)17-8-4-5-9-18(17)25-22(21)27/h1-9,12-14H,10-11H2,(H,25,27). The zero-order valence-corrected chi connectivity index (χ0v) is 14.6. The number of aromatic amines is 1. The monoisotopic (exact) mass is 355 g/mol. The molecule has 5 heteroatoms. The molecule has 0 aliphatic rings. The second-order valence-corrected chi connectivity index (χ2v) is 6.29. The second-order valence-electron chi connectivity index (χ2n) is 6.29. The molecule has 0 spiro atoms. The second kappa shape index (κ2) is 7.33. The maximum absolute atomic E-state index is 13.0. The number of nitrogens with one attached hydrogen (secondary N) is 1. The molecule has 0 fully saturated rings. The summed E-state index contributed by atoms with van der Waals surface area (Å²) in [5.74, 6) is -0.190. The Kier molecular flexibility index (Phi) is 4.58. The lowest BCUT2D eigenvalue weighted by atomic mass is 9.92. The average Bonchev–Trinajstić information content (AvgIpc) is 2.72. The van der Waals surface area contributed by atoms with Gasteiger partial charge in [-0.15, -0.1) is 0 Å². The average molecular weight is 355 g/mol. The van der Waals surface area contributed by atoms with Crippen LogP contribution in [0.3, 0.4) is 0 Å². The molecule has 4 aromatic rings. The first-order chi connectivity index (χ1) is 13.2. The van der Waals surface area contributed by atoms with E-state index in [4.69, 9.17) is 0 Å². The summed E-state index contributed by atoms with van der Waals surface area (Å²) in [4.78, 5) is 36.6. The fourth-order valence-electron chi connectivity index (χ4n) is 3.26. The number of rotatable bonds is 5. The lowest BCUT2D eigenvalue weighted by Crippen LogP contribution is -2.20. The molecule has 0 unspecified atom stereocenters. The number of carbonyl (C=O) groups excluding carboxylic acids is 1. The first-order valence-electron chi connectivity index (χ1n) is 8.71. The van der Waals surface area contributed by atoms with Crippen LogP contribution in [0.5, 0.6) is 0 Å². The number of nitrogens with zero attached hydrogens (tertiary/aromatic N) is 2. The van der Waals surface area contributed by atoms with E-state index >= 15 is 0 Å². The molecule has 1 N–H and O–H groups in total. The smallest absolute Gasteiger partial charge is 0.259 e. The Hall–Kier alpha value is -3.60. The van der Waals surface area contributed by atoms with Gasteiger partial charge in [-0.05, 0) is 23.6 Å². The number of H-pyrrole nitrogens is 1. The third-order valence-corrected chi connectivity index (χ3v) is 4.52. The van der Waals surface area contributed by atoms with Crippen LogP contribution in [0.1, 0.15) is 22.3 Å². The van der Waals surface area contributed by atoms with Crippen molar-refractivity contribution in [2.24, 2.45) is 0 Å². The van der Waals surface area contributed by atoms with Gasteiger partial charge in [-0.3, -0.25) is 9.59 Å². The fourth-order valence-corrected chi connectivity index (χ4v) is 3.26. The number of aryl methyl sites for hydroxylation is 1. The molecular formula is C22H17N3O2. The van der Waals surface area contributed by atoms with Gasteiger partial charge in [0.2, 0.25) is 0 Å². The Morgan fingerprint density at radius 1 is 0.926 bits per heavy atom. The highest BCUT2D eigenvalue weighted by atomic mass is 16.1. The number of hydrogen-bond donors (Lipinski definition) is 1. The number of fused-ring (bicyclic) bond motifs is 1. The highest BCUT2D eigenvalue weighted by Crippen LogP contribution is 2.30. The SMILES string of the molecule is O=C(CCc1cncnc1)c1c(-c2ccccc2)c2ccccc2[nH]c1=O. The molecule has 0 saturated carbocycles. The maximum Gasteiger partial charge on any atom is 0.259 e. The molecule has 27 heavy (non-hydrogen) atoms. The van der Waals surface area contributed by atoms with E-state index in [1.165, 1.54) is 6.33 Å². The largest absolute Gasteiger partial charge is 0.321 e. The molecule has 0 bridgehead atoms. The number of hydrogen-bond acceptors (Lipinski definition) is 4. The van der Waals surface area contributed by atoms with Crippen molar-refractivity contribution < 1.29 is 4.79 Å². The summed E-state index contributed by atoms with van der Waals surface area (Å²) < 4.78 is 0. The Bertz CT molecular complexity index is 1150. The number of Topliss-reactive ketones (excluding diaryl/α,β-unsaturated/α-hetero) is 1. The van der Waals surface area contributed by atoms with Crippen molar-refractivity contribution in [1.29, 1.82) is 0 Å². The van der Waals surface area contributed by atoms with Crippen LogP contribution in [0.15, 0.2) is 78.1 Å². The third kappa shape index (κ3) is 3.40. The minimum atomic E-state index is -0.359. The van der Waals surface area contributed by atoms with E-state index in [1.54, 1.807) is 12.4 Å².